The first-order chi connectivity index (χ1) is 19.5. The Morgan fingerprint density at radius 2 is 1.68 bits per heavy atom. The van der Waals surface area contributed by atoms with Crippen LogP contribution in [0.25, 0.3) is 0 Å². The summed E-state index contributed by atoms with van der Waals surface area (Å²) in [7, 11) is 1.58. The van der Waals surface area contributed by atoms with Gasteiger partial charge in [-0.3, -0.25) is 14.6 Å². The van der Waals surface area contributed by atoms with Crippen LogP contribution in [0.4, 0.5) is 11.5 Å². The number of carbonyl (C=O) groups is 2. The lowest BCUT2D eigenvalue weighted by atomic mass is 10.1. The summed E-state index contributed by atoms with van der Waals surface area (Å²) in [4.78, 5) is 33.6. The quantitative estimate of drug-likeness (QED) is 0.375. The summed E-state index contributed by atoms with van der Waals surface area (Å²) in [5.41, 5.74) is 2.57. The second-order valence-electron chi connectivity index (χ2n) is 9.00. The zero-order valence-electron chi connectivity index (χ0n) is 21.7. The minimum Gasteiger partial charge on any atom is -0.508 e. The molecule has 0 saturated carbocycles. The Bertz CT molecular complexity index is 1570. The van der Waals surface area contributed by atoms with E-state index in [1.165, 1.54) is 6.20 Å². The van der Waals surface area contributed by atoms with Crippen LogP contribution in [0.2, 0.25) is 0 Å². The third-order valence-corrected chi connectivity index (χ3v) is 6.30. The highest BCUT2D eigenvalue weighted by Crippen LogP contribution is 2.18. The van der Waals surface area contributed by atoms with E-state index in [-0.39, 0.29) is 23.3 Å². The lowest BCUT2D eigenvalue weighted by molar-refractivity contribution is 0.0745. The van der Waals surface area contributed by atoms with Crippen LogP contribution in [0.5, 0.6) is 11.5 Å². The van der Waals surface area contributed by atoms with E-state index in [0.29, 0.717) is 60.1 Å². The first-order valence-corrected chi connectivity index (χ1v) is 12.6. The molecule has 2 amide bonds. The lowest BCUT2D eigenvalue weighted by Gasteiger charge is -2.35. The SMILES string of the molecule is COc1ccc(NC(=O)c2ccc(N3CCN(C(=O)c4cncc(C#Cc5cccc(O)c5)c4)CC3)nn2)cc1. The molecule has 0 spiro atoms. The summed E-state index contributed by atoms with van der Waals surface area (Å²) in [5, 5.41) is 20.7. The molecule has 10 heteroatoms. The average molecular weight is 535 g/mol. The van der Waals surface area contributed by atoms with Crippen LogP contribution >= 0.6 is 0 Å². The van der Waals surface area contributed by atoms with E-state index in [1.54, 1.807) is 84.9 Å². The Hall–Kier alpha value is -5.43. The van der Waals surface area contributed by atoms with Gasteiger partial charge in [-0.25, -0.2) is 0 Å². The molecule has 5 rings (SSSR count). The van der Waals surface area contributed by atoms with Gasteiger partial charge in [0.15, 0.2) is 11.5 Å². The summed E-state index contributed by atoms with van der Waals surface area (Å²) in [6.45, 7) is 2.14. The third-order valence-electron chi connectivity index (χ3n) is 6.30. The molecule has 1 aliphatic heterocycles. The molecule has 200 valence electrons. The molecule has 0 atom stereocenters. The molecule has 2 aromatic heterocycles. The van der Waals surface area contributed by atoms with E-state index in [4.69, 9.17) is 4.74 Å². The van der Waals surface area contributed by atoms with Gasteiger partial charge < -0.3 is 25.0 Å². The van der Waals surface area contributed by atoms with Crippen LogP contribution in [0, 0.1) is 11.8 Å². The van der Waals surface area contributed by atoms with Crippen molar-refractivity contribution >= 4 is 23.3 Å². The number of carbonyl (C=O) groups excluding carboxylic acids is 2. The van der Waals surface area contributed by atoms with E-state index < -0.39 is 0 Å². The first-order valence-electron chi connectivity index (χ1n) is 12.6. The fourth-order valence-corrected chi connectivity index (χ4v) is 4.16. The Kier molecular flexibility index (Phi) is 7.83. The normalized spacial score (nSPS) is 12.7. The zero-order chi connectivity index (χ0) is 27.9. The van der Waals surface area contributed by atoms with Crippen LogP contribution in [0.1, 0.15) is 32.0 Å². The number of phenols is 1. The van der Waals surface area contributed by atoms with E-state index >= 15 is 0 Å². The second kappa shape index (κ2) is 12.0. The number of ether oxygens (including phenoxy) is 1. The minimum atomic E-state index is -0.359. The van der Waals surface area contributed by atoms with Crippen molar-refractivity contribution in [3.63, 3.8) is 0 Å². The molecule has 2 N–H and O–H groups in total. The number of pyridine rings is 1. The second-order valence-corrected chi connectivity index (χ2v) is 9.00. The summed E-state index contributed by atoms with van der Waals surface area (Å²) < 4.78 is 5.13. The number of piperazine rings is 1. The van der Waals surface area contributed by atoms with Crippen molar-refractivity contribution in [3.8, 4) is 23.3 Å². The highest BCUT2D eigenvalue weighted by molar-refractivity contribution is 6.02. The van der Waals surface area contributed by atoms with E-state index in [0.717, 1.165) is 0 Å². The number of anilines is 2. The van der Waals surface area contributed by atoms with Crippen LogP contribution in [0.15, 0.2) is 79.1 Å². The smallest absolute Gasteiger partial charge is 0.276 e. The van der Waals surface area contributed by atoms with Crippen molar-refractivity contribution in [1.29, 1.82) is 0 Å². The largest absolute Gasteiger partial charge is 0.508 e. The van der Waals surface area contributed by atoms with Crippen molar-refractivity contribution < 1.29 is 19.4 Å². The molecule has 0 radical (unpaired) electrons. The monoisotopic (exact) mass is 534 g/mol. The van der Waals surface area contributed by atoms with Crippen molar-refractivity contribution in [1.82, 2.24) is 20.1 Å². The molecule has 1 saturated heterocycles. The number of aromatic nitrogens is 3. The number of phenolic OH excluding ortho intramolecular Hbond substituents is 1. The molecule has 1 fully saturated rings. The first kappa shape index (κ1) is 26.2. The van der Waals surface area contributed by atoms with Crippen molar-refractivity contribution in [3.05, 3.63) is 102 Å². The predicted molar refractivity (Wildman–Crippen MR) is 149 cm³/mol. The van der Waals surface area contributed by atoms with Crippen molar-refractivity contribution in [2.24, 2.45) is 0 Å². The summed E-state index contributed by atoms with van der Waals surface area (Å²) in [6.07, 6.45) is 3.14. The minimum absolute atomic E-state index is 0.121. The molecule has 4 aromatic rings. The van der Waals surface area contributed by atoms with Crippen molar-refractivity contribution in [2.45, 2.75) is 0 Å². The number of nitrogens with one attached hydrogen (secondary N) is 1. The molecule has 2 aromatic carbocycles. The number of nitrogens with zero attached hydrogens (tertiary/aromatic N) is 5. The Balaban J connectivity index is 1.16. The fraction of sp³-hybridized carbons (Fsp3) is 0.167. The van der Waals surface area contributed by atoms with Gasteiger partial charge in [0.05, 0.1) is 12.7 Å². The summed E-state index contributed by atoms with van der Waals surface area (Å²) in [5.74, 6) is 6.97. The van der Waals surface area contributed by atoms with E-state index in [9.17, 15) is 14.7 Å². The molecular weight excluding hydrogens is 508 g/mol. The highest BCUT2D eigenvalue weighted by atomic mass is 16.5. The number of aromatic hydroxyl groups is 1. The van der Waals surface area contributed by atoms with Gasteiger partial charge in [-0.15, -0.1) is 10.2 Å². The molecule has 1 aliphatic rings. The van der Waals surface area contributed by atoms with Crippen molar-refractivity contribution in [2.75, 3.05) is 43.5 Å². The Morgan fingerprint density at radius 3 is 2.38 bits per heavy atom. The molecule has 10 nitrogen and oxygen atoms in total. The lowest BCUT2D eigenvalue weighted by Crippen LogP contribution is -2.49. The van der Waals surface area contributed by atoms with Gasteiger partial charge in [-0.05, 0) is 60.7 Å². The van der Waals surface area contributed by atoms with Gasteiger partial charge in [-0.2, -0.15) is 0 Å². The predicted octanol–water partition coefficient (Wildman–Crippen LogP) is 3.20. The van der Waals surface area contributed by atoms with Crippen LogP contribution < -0.4 is 15.0 Å². The standard InChI is InChI=1S/C30H26N6O4/c1-40-26-9-7-24(8-10-26)32-29(38)27-11-12-28(34-33-27)35-13-15-36(16-14-35)30(39)23-17-22(19-31-20-23)6-5-21-3-2-4-25(37)18-21/h2-4,7-12,17-20,37H,13-16H2,1H3,(H,32,38). The fourth-order valence-electron chi connectivity index (χ4n) is 4.16. The van der Waals surface area contributed by atoms with Gasteiger partial charge in [0, 0.05) is 55.4 Å². The van der Waals surface area contributed by atoms with Gasteiger partial charge >= 0.3 is 0 Å². The third kappa shape index (κ3) is 6.34. The number of amides is 2. The number of hydrogen-bond acceptors (Lipinski definition) is 8. The molecule has 0 bridgehead atoms. The number of hydrogen-bond donors (Lipinski definition) is 2. The maximum atomic E-state index is 13.1. The number of rotatable bonds is 5. The Labute approximate surface area is 231 Å². The summed E-state index contributed by atoms with van der Waals surface area (Å²) >= 11 is 0. The molecular formula is C30H26N6O4. The van der Waals surface area contributed by atoms with E-state index in [2.05, 4.69) is 32.3 Å². The Morgan fingerprint density at radius 1 is 0.900 bits per heavy atom. The number of benzene rings is 2. The maximum absolute atomic E-state index is 13.1. The average Bonchev–Trinajstić information content (AvgIpc) is 3.00. The highest BCUT2D eigenvalue weighted by Gasteiger charge is 2.24. The number of methoxy groups -OCH3 is 1. The summed E-state index contributed by atoms with van der Waals surface area (Å²) in [6, 6.07) is 18.8. The van der Waals surface area contributed by atoms with E-state index in [1.807, 2.05) is 4.90 Å². The van der Waals surface area contributed by atoms with Crippen LogP contribution in [-0.2, 0) is 0 Å². The van der Waals surface area contributed by atoms with Gasteiger partial charge in [-0.1, -0.05) is 17.9 Å². The zero-order valence-corrected chi connectivity index (χ0v) is 21.7. The molecule has 0 unspecified atom stereocenters. The maximum Gasteiger partial charge on any atom is 0.276 e. The molecule has 3 heterocycles. The topological polar surface area (TPSA) is 121 Å². The van der Waals surface area contributed by atoms with Crippen LogP contribution in [0.3, 0.4) is 0 Å². The van der Waals surface area contributed by atoms with Crippen LogP contribution in [-0.4, -0.2) is 70.3 Å². The molecule has 40 heavy (non-hydrogen) atoms. The van der Waals surface area contributed by atoms with Gasteiger partial charge in [0.1, 0.15) is 11.5 Å². The van der Waals surface area contributed by atoms with Gasteiger partial charge in [0.25, 0.3) is 11.8 Å². The van der Waals surface area contributed by atoms with Gasteiger partial charge in [0.2, 0.25) is 0 Å². The molecule has 0 aliphatic carbocycles.